The number of hydrogen-bond acceptors (Lipinski definition) is 2. The summed E-state index contributed by atoms with van der Waals surface area (Å²) in [6.45, 7) is 9.31. The average molecular weight is 184 g/mol. The second kappa shape index (κ2) is 4.97. The summed E-state index contributed by atoms with van der Waals surface area (Å²) in [5, 5.41) is 3.57. The van der Waals surface area contributed by atoms with Gasteiger partial charge in [-0.25, -0.2) is 0 Å². The van der Waals surface area contributed by atoms with Crippen LogP contribution in [0.2, 0.25) is 0 Å². The third kappa shape index (κ3) is 3.65. The summed E-state index contributed by atoms with van der Waals surface area (Å²) in [5.74, 6) is 1.68. The Balaban J connectivity index is 2.48. The molecule has 1 N–H and O–H groups in total. The smallest absolute Gasteiger partial charge is 0.0479 e. The first-order chi connectivity index (χ1) is 6.09. The van der Waals surface area contributed by atoms with E-state index in [2.05, 4.69) is 38.0 Å². The van der Waals surface area contributed by atoms with Crippen LogP contribution in [0.5, 0.6) is 0 Å². The van der Waals surface area contributed by atoms with Gasteiger partial charge in [0.15, 0.2) is 0 Å². The predicted molar refractivity (Wildman–Crippen MR) is 57.7 cm³/mol. The van der Waals surface area contributed by atoms with Crippen LogP contribution in [-0.4, -0.2) is 31.2 Å². The van der Waals surface area contributed by atoms with Crippen molar-refractivity contribution in [2.45, 2.75) is 39.7 Å². The molecule has 2 unspecified atom stereocenters. The third-order valence-electron chi connectivity index (χ3n) is 3.31. The standard InChI is InChI=1S/C11H24N2/c1-9-5-6-13(4)8-12-11(3)10(2)7-9/h9-12H,5-8H2,1-4H3/t9?,10-,11?/m1/s1. The van der Waals surface area contributed by atoms with Gasteiger partial charge < -0.3 is 5.32 Å². The highest BCUT2D eigenvalue weighted by Gasteiger charge is 2.17. The molecule has 0 aromatic heterocycles. The van der Waals surface area contributed by atoms with Gasteiger partial charge in [0.05, 0.1) is 0 Å². The van der Waals surface area contributed by atoms with Crippen molar-refractivity contribution in [2.24, 2.45) is 11.8 Å². The summed E-state index contributed by atoms with van der Waals surface area (Å²) < 4.78 is 0. The fraction of sp³-hybridized carbons (Fsp3) is 1.00. The van der Waals surface area contributed by atoms with Gasteiger partial charge in [0, 0.05) is 12.7 Å². The molecule has 2 heteroatoms. The van der Waals surface area contributed by atoms with Crippen LogP contribution in [0, 0.1) is 11.8 Å². The van der Waals surface area contributed by atoms with Crippen LogP contribution >= 0.6 is 0 Å². The lowest BCUT2D eigenvalue weighted by molar-refractivity contribution is 0.282. The van der Waals surface area contributed by atoms with Crippen LogP contribution in [-0.2, 0) is 0 Å². The van der Waals surface area contributed by atoms with E-state index in [9.17, 15) is 0 Å². The van der Waals surface area contributed by atoms with Gasteiger partial charge in [-0.2, -0.15) is 0 Å². The molecule has 1 aliphatic heterocycles. The van der Waals surface area contributed by atoms with Crippen molar-refractivity contribution >= 4 is 0 Å². The molecule has 0 radical (unpaired) electrons. The molecule has 3 atom stereocenters. The molecule has 2 nitrogen and oxygen atoms in total. The number of rotatable bonds is 0. The second-order valence-electron chi connectivity index (χ2n) is 4.84. The Morgan fingerprint density at radius 1 is 1.23 bits per heavy atom. The van der Waals surface area contributed by atoms with E-state index in [1.807, 2.05) is 0 Å². The lowest BCUT2D eigenvalue weighted by Crippen LogP contribution is -2.39. The van der Waals surface area contributed by atoms with Gasteiger partial charge in [0.2, 0.25) is 0 Å². The van der Waals surface area contributed by atoms with Gasteiger partial charge >= 0.3 is 0 Å². The second-order valence-corrected chi connectivity index (χ2v) is 4.84. The molecule has 1 rings (SSSR count). The summed E-state index contributed by atoms with van der Waals surface area (Å²) in [6.07, 6.45) is 2.71. The van der Waals surface area contributed by atoms with Crippen LogP contribution < -0.4 is 5.32 Å². The maximum absolute atomic E-state index is 3.57. The van der Waals surface area contributed by atoms with E-state index in [0.717, 1.165) is 18.5 Å². The Morgan fingerprint density at radius 3 is 2.62 bits per heavy atom. The van der Waals surface area contributed by atoms with Crippen LogP contribution in [0.4, 0.5) is 0 Å². The highest BCUT2D eigenvalue weighted by molar-refractivity contribution is 4.73. The van der Waals surface area contributed by atoms with Crippen molar-refractivity contribution in [1.82, 2.24) is 10.2 Å². The highest BCUT2D eigenvalue weighted by Crippen LogP contribution is 2.19. The number of hydrogen-bond donors (Lipinski definition) is 1. The van der Waals surface area contributed by atoms with Crippen molar-refractivity contribution in [1.29, 1.82) is 0 Å². The number of nitrogens with one attached hydrogen (secondary N) is 1. The molecule has 78 valence electrons. The Hall–Kier alpha value is -0.0800. The summed E-state index contributed by atoms with van der Waals surface area (Å²) in [6, 6.07) is 0.656. The van der Waals surface area contributed by atoms with E-state index >= 15 is 0 Å². The Bertz CT molecular complexity index is 147. The van der Waals surface area contributed by atoms with Gasteiger partial charge in [0.25, 0.3) is 0 Å². The topological polar surface area (TPSA) is 15.3 Å². The minimum Gasteiger partial charge on any atom is -0.302 e. The molecule has 1 fully saturated rings. The minimum absolute atomic E-state index is 0.656. The average Bonchev–Trinajstić information content (AvgIpc) is 2.13. The zero-order valence-electron chi connectivity index (χ0n) is 9.51. The fourth-order valence-corrected chi connectivity index (χ4v) is 1.98. The quantitative estimate of drug-likeness (QED) is 0.619. The van der Waals surface area contributed by atoms with Crippen molar-refractivity contribution in [2.75, 3.05) is 20.3 Å². The molecule has 1 heterocycles. The Kier molecular flexibility index (Phi) is 4.20. The first-order valence-electron chi connectivity index (χ1n) is 5.51. The number of nitrogens with zero attached hydrogens (tertiary/aromatic N) is 1. The summed E-state index contributed by atoms with van der Waals surface area (Å²) in [7, 11) is 2.20. The van der Waals surface area contributed by atoms with Crippen LogP contribution in [0.15, 0.2) is 0 Å². The first-order valence-corrected chi connectivity index (χ1v) is 5.51. The lowest BCUT2D eigenvalue weighted by Gasteiger charge is -2.22. The predicted octanol–water partition coefficient (Wildman–Crippen LogP) is 1.92. The van der Waals surface area contributed by atoms with Gasteiger partial charge in [-0.3, -0.25) is 4.90 Å². The normalized spacial score (nSPS) is 39.2. The van der Waals surface area contributed by atoms with E-state index in [1.54, 1.807) is 0 Å². The fourth-order valence-electron chi connectivity index (χ4n) is 1.98. The monoisotopic (exact) mass is 184 g/mol. The van der Waals surface area contributed by atoms with Crippen molar-refractivity contribution in [3.05, 3.63) is 0 Å². The maximum atomic E-state index is 3.57. The SMILES string of the molecule is CC1CCN(C)CNC(C)[C@H](C)C1. The van der Waals surface area contributed by atoms with E-state index in [1.165, 1.54) is 19.4 Å². The van der Waals surface area contributed by atoms with Crippen LogP contribution in [0.1, 0.15) is 33.6 Å². The molecule has 13 heavy (non-hydrogen) atoms. The van der Waals surface area contributed by atoms with Gasteiger partial charge in [0.1, 0.15) is 0 Å². The van der Waals surface area contributed by atoms with Crippen molar-refractivity contribution < 1.29 is 0 Å². The molecular formula is C11H24N2. The molecule has 0 spiro atoms. The molecule has 1 aliphatic rings. The van der Waals surface area contributed by atoms with Crippen LogP contribution in [0.3, 0.4) is 0 Å². The largest absolute Gasteiger partial charge is 0.302 e. The van der Waals surface area contributed by atoms with Crippen LogP contribution in [0.25, 0.3) is 0 Å². The lowest BCUT2D eigenvalue weighted by atomic mass is 9.90. The zero-order valence-corrected chi connectivity index (χ0v) is 9.51. The minimum atomic E-state index is 0.656. The Labute approximate surface area is 82.7 Å². The third-order valence-corrected chi connectivity index (χ3v) is 3.31. The highest BCUT2D eigenvalue weighted by atomic mass is 15.2. The van der Waals surface area contributed by atoms with E-state index in [4.69, 9.17) is 0 Å². The molecule has 0 aromatic carbocycles. The molecular weight excluding hydrogens is 160 g/mol. The molecule has 0 bridgehead atoms. The first kappa shape index (κ1) is 11.0. The molecule has 1 saturated heterocycles. The molecule has 0 aliphatic carbocycles. The summed E-state index contributed by atoms with van der Waals surface area (Å²) in [4.78, 5) is 2.38. The van der Waals surface area contributed by atoms with Gasteiger partial charge in [-0.15, -0.1) is 0 Å². The summed E-state index contributed by atoms with van der Waals surface area (Å²) >= 11 is 0. The van der Waals surface area contributed by atoms with Crippen molar-refractivity contribution in [3.63, 3.8) is 0 Å². The Morgan fingerprint density at radius 2 is 1.92 bits per heavy atom. The maximum Gasteiger partial charge on any atom is 0.0479 e. The van der Waals surface area contributed by atoms with Crippen molar-refractivity contribution in [3.8, 4) is 0 Å². The van der Waals surface area contributed by atoms with E-state index < -0.39 is 0 Å². The van der Waals surface area contributed by atoms with E-state index in [0.29, 0.717) is 6.04 Å². The van der Waals surface area contributed by atoms with E-state index in [-0.39, 0.29) is 0 Å². The molecule has 0 saturated carbocycles. The zero-order chi connectivity index (χ0) is 9.84. The molecule has 0 aromatic rings. The molecule has 0 amide bonds. The van der Waals surface area contributed by atoms with Gasteiger partial charge in [-0.05, 0) is 45.2 Å². The summed E-state index contributed by atoms with van der Waals surface area (Å²) in [5.41, 5.74) is 0. The van der Waals surface area contributed by atoms with Gasteiger partial charge in [-0.1, -0.05) is 13.8 Å².